The minimum atomic E-state index is -0.673. The Balaban J connectivity index is 2.03. The molecule has 0 spiro atoms. The molecule has 1 fully saturated rings. The summed E-state index contributed by atoms with van der Waals surface area (Å²) in [5.74, 6) is -0.673. The van der Waals surface area contributed by atoms with Crippen LogP contribution in [0, 0.1) is 0 Å². The van der Waals surface area contributed by atoms with Gasteiger partial charge in [0.05, 0.1) is 6.61 Å². The van der Waals surface area contributed by atoms with E-state index in [0.29, 0.717) is 6.61 Å². The van der Waals surface area contributed by atoms with Gasteiger partial charge in [0.1, 0.15) is 6.10 Å². The fraction of sp³-hybridized carbons (Fsp3) is 0.385. The monoisotopic (exact) mass is 220 g/mol. The van der Waals surface area contributed by atoms with E-state index in [1.165, 1.54) is 0 Å². The van der Waals surface area contributed by atoms with Crippen molar-refractivity contribution in [1.82, 2.24) is 0 Å². The highest BCUT2D eigenvalue weighted by molar-refractivity contribution is 5.66. The number of rotatable bonds is 2. The predicted octanol–water partition coefficient (Wildman–Crippen LogP) is 2.78. The predicted molar refractivity (Wildman–Crippen MR) is 61.5 cm³/mol. The lowest BCUT2D eigenvalue weighted by atomic mass is 10.0. The van der Waals surface area contributed by atoms with Crippen molar-refractivity contribution >= 4 is 5.57 Å². The molecule has 3 nitrogen and oxygen atoms in total. The van der Waals surface area contributed by atoms with Crippen LogP contribution in [0.25, 0.3) is 5.57 Å². The second-order valence-electron chi connectivity index (χ2n) is 4.27. The van der Waals surface area contributed by atoms with Crippen molar-refractivity contribution in [2.24, 2.45) is 0 Å². The summed E-state index contributed by atoms with van der Waals surface area (Å²) in [6, 6.07) is 9.88. The van der Waals surface area contributed by atoms with Gasteiger partial charge in [0.2, 0.25) is 0 Å². The first-order valence-corrected chi connectivity index (χ1v) is 5.31. The average Bonchev–Trinajstić information content (AvgIpc) is 2.29. The van der Waals surface area contributed by atoms with E-state index in [-0.39, 0.29) is 6.10 Å². The first-order valence-electron chi connectivity index (χ1n) is 5.31. The summed E-state index contributed by atoms with van der Waals surface area (Å²) in [7, 11) is 0. The zero-order valence-electron chi connectivity index (χ0n) is 9.60. The number of benzene rings is 1. The van der Waals surface area contributed by atoms with Crippen LogP contribution in [-0.4, -0.2) is 18.5 Å². The molecule has 1 aliphatic rings. The highest BCUT2D eigenvalue weighted by Crippen LogP contribution is 2.26. The van der Waals surface area contributed by atoms with E-state index in [1.54, 1.807) is 0 Å². The van der Waals surface area contributed by atoms with Gasteiger partial charge in [-0.1, -0.05) is 36.9 Å². The lowest BCUT2D eigenvalue weighted by Gasteiger charge is -2.34. The second kappa shape index (κ2) is 4.37. The van der Waals surface area contributed by atoms with Crippen LogP contribution >= 0.6 is 0 Å². The standard InChI is InChI=1S/C13H16O3/c1-10(11-7-5-4-6-8-11)12-9-14-13(2,3)16-15-12/h4-8,12H,1,9H2,2-3H3. The summed E-state index contributed by atoms with van der Waals surface area (Å²) < 4.78 is 5.51. The molecule has 0 amide bonds. The molecule has 2 rings (SSSR count). The molecular formula is C13H16O3. The quantitative estimate of drug-likeness (QED) is 0.717. The molecular weight excluding hydrogens is 204 g/mol. The van der Waals surface area contributed by atoms with Gasteiger partial charge < -0.3 is 4.74 Å². The Hall–Kier alpha value is -1.16. The molecule has 0 N–H and O–H groups in total. The molecule has 0 bridgehead atoms. The third-order valence-corrected chi connectivity index (χ3v) is 2.48. The van der Waals surface area contributed by atoms with Gasteiger partial charge in [-0.25, -0.2) is 9.78 Å². The van der Waals surface area contributed by atoms with Gasteiger partial charge >= 0.3 is 0 Å². The molecule has 86 valence electrons. The molecule has 3 heteroatoms. The third kappa shape index (κ3) is 2.50. The average molecular weight is 220 g/mol. The number of hydrogen-bond acceptors (Lipinski definition) is 3. The molecule has 0 aliphatic carbocycles. The second-order valence-corrected chi connectivity index (χ2v) is 4.27. The van der Waals surface area contributed by atoms with Crippen molar-refractivity contribution < 1.29 is 14.5 Å². The summed E-state index contributed by atoms with van der Waals surface area (Å²) in [5, 5.41) is 0. The smallest absolute Gasteiger partial charge is 0.196 e. The van der Waals surface area contributed by atoms with Gasteiger partial charge in [-0.2, -0.15) is 0 Å². The molecule has 0 aromatic heterocycles. The van der Waals surface area contributed by atoms with Crippen LogP contribution in [-0.2, 0) is 14.5 Å². The van der Waals surface area contributed by atoms with Gasteiger partial charge in [0.25, 0.3) is 0 Å². The molecule has 1 aromatic rings. The van der Waals surface area contributed by atoms with Crippen LogP contribution < -0.4 is 0 Å². The van der Waals surface area contributed by atoms with E-state index < -0.39 is 5.79 Å². The molecule has 16 heavy (non-hydrogen) atoms. The van der Waals surface area contributed by atoms with Crippen LogP contribution in [0.2, 0.25) is 0 Å². The SMILES string of the molecule is C=C(c1ccccc1)C1COC(C)(C)OO1. The minimum absolute atomic E-state index is 0.240. The maximum absolute atomic E-state index is 5.51. The molecule has 1 aliphatic heterocycles. The van der Waals surface area contributed by atoms with Crippen molar-refractivity contribution in [2.45, 2.75) is 25.7 Å². The van der Waals surface area contributed by atoms with Crippen molar-refractivity contribution in [3.63, 3.8) is 0 Å². The third-order valence-electron chi connectivity index (χ3n) is 2.48. The normalized spacial score (nSPS) is 24.0. The lowest BCUT2D eigenvalue weighted by molar-refractivity contribution is -0.467. The maximum atomic E-state index is 5.51. The first-order chi connectivity index (χ1) is 7.58. The molecule has 0 saturated carbocycles. The maximum Gasteiger partial charge on any atom is 0.196 e. The fourth-order valence-electron chi connectivity index (χ4n) is 1.50. The van der Waals surface area contributed by atoms with Crippen LogP contribution in [0.4, 0.5) is 0 Å². The van der Waals surface area contributed by atoms with Crippen molar-refractivity contribution in [3.8, 4) is 0 Å². The zero-order chi connectivity index (χ0) is 11.6. The summed E-state index contributed by atoms with van der Waals surface area (Å²) in [5.41, 5.74) is 1.91. The van der Waals surface area contributed by atoms with Gasteiger partial charge in [0.15, 0.2) is 5.79 Å². The van der Waals surface area contributed by atoms with Crippen LogP contribution in [0.3, 0.4) is 0 Å². The Morgan fingerprint density at radius 3 is 2.56 bits per heavy atom. The summed E-state index contributed by atoms with van der Waals surface area (Å²) in [6.45, 7) is 8.10. The molecule has 1 atom stereocenters. The van der Waals surface area contributed by atoms with E-state index in [9.17, 15) is 0 Å². The molecule has 1 unspecified atom stereocenters. The zero-order valence-corrected chi connectivity index (χ0v) is 9.60. The fourth-order valence-corrected chi connectivity index (χ4v) is 1.50. The minimum Gasteiger partial charge on any atom is -0.345 e. The van der Waals surface area contributed by atoms with E-state index in [4.69, 9.17) is 14.5 Å². The lowest BCUT2D eigenvalue weighted by Crippen LogP contribution is -2.40. The molecule has 1 aromatic carbocycles. The van der Waals surface area contributed by atoms with Gasteiger partial charge in [-0.3, -0.25) is 0 Å². The Morgan fingerprint density at radius 2 is 2.00 bits per heavy atom. The Kier molecular flexibility index (Phi) is 3.10. The highest BCUT2D eigenvalue weighted by Gasteiger charge is 2.31. The number of ether oxygens (including phenoxy) is 1. The molecule has 1 heterocycles. The van der Waals surface area contributed by atoms with E-state index in [1.807, 2.05) is 44.2 Å². The summed E-state index contributed by atoms with van der Waals surface area (Å²) in [4.78, 5) is 10.4. The molecule has 0 radical (unpaired) electrons. The van der Waals surface area contributed by atoms with Crippen LogP contribution in [0.15, 0.2) is 36.9 Å². The Bertz CT molecular complexity index is 360. The summed E-state index contributed by atoms with van der Waals surface area (Å²) in [6.07, 6.45) is -0.240. The van der Waals surface area contributed by atoms with Crippen molar-refractivity contribution in [1.29, 1.82) is 0 Å². The van der Waals surface area contributed by atoms with E-state index in [2.05, 4.69) is 6.58 Å². The Morgan fingerprint density at radius 1 is 1.31 bits per heavy atom. The van der Waals surface area contributed by atoms with Gasteiger partial charge in [-0.15, -0.1) is 0 Å². The van der Waals surface area contributed by atoms with Crippen LogP contribution in [0.1, 0.15) is 19.4 Å². The van der Waals surface area contributed by atoms with E-state index >= 15 is 0 Å². The molecule has 1 saturated heterocycles. The highest BCUT2D eigenvalue weighted by atomic mass is 17.2. The largest absolute Gasteiger partial charge is 0.345 e. The first kappa shape index (κ1) is 11.3. The van der Waals surface area contributed by atoms with Crippen molar-refractivity contribution in [3.05, 3.63) is 42.5 Å². The van der Waals surface area contributed by atoms with Crippen molar-refractivity contribution in [2.75, 3.05) is 6.61 Å². The number of hydrogen-bond donors (Lipinski definition) is 0. The van der Waals surface area contributed by atoms with Gasteiger partial charge in [-0.05, 0) is 25.0 Å². The Labute approximate surface area is 95.6 Å². The van der Waals surface area contributed by atoms with E-state index in [0.717, 1.165) is 11.1 Å². The van der Waals surface area contributed by atoms with Gasteiger partial charge in [0, 0.05) is 0 Å². The summed E-state index contributed by atoms with van der Waals surface area (Å²) >= 11 is 0. The van der Waals surface area contributed by atoms with Crippen LogP contribution in [0.5, 0.6) is 0 Å². The topological polar surface area (TPSA) is 27.7 Å².